The highest BCUT2D eigenvalue weighted by atomic mass is 35.5. The molecule has 0 radical (unpaired) electrons. The summed E-state index contributed by atoms with van der Waals surface area (Å²) in [6.07, 6.45) is 2.73. The molecule has 122 valence electrons. The number of aliphatic hydroxyl groups is 1. The van der Waals surface area contributed by atoms with E-state index in [1.807, 2.05) is 0 Å². The number of nitrogens with zero attached hydrogens (tertiary/aromatic N) is 4. The predicted molar refractivity (Wildman–Crippen MR) is 82.1 cm³/mol. The van der Waals surface area contributed by atoms with Crippen LogP contribution in [0.25, 0.3) is 5.69 Å². The minimum Gasteiger partial charge on any atom is -0.388 e. The number of rotatable bonds is 2. The number of hydrogen-bond donors (Lipinski definition) is 1. The van der Waals surface area contributed by atoms with E-state index < -0.39 is 11.4 Å². The molecule has 1 amide bonds. The van der Waals surface area contributed by atoms with E-state index in [4.69, 9.17) is 11.6 Å². The number of halogens is 2. The molecule has 1 saturated heterocycles. The molecule has 1 atom stereocenters. The molecule has 1 aromatic heterocycles. The van der Waals surface area contributed by atoms with Crippen LogP contribution in [0.2, 0.25) is 5.02 Å². The van der Waals surface area contributed by atoms with Gasteiger partial charge in [0.05, 0.1) is 16.8 Å². The van der Waals surface area contributed by atoms with Gasteiger partial charge in [0, 0.05) is 13.1 Å². The van der Waals surface area contributed by atoms with Crippen molar-refractivity contribution in [3.05, 3.63) is 40.9 Å². The van der Waals surface area contributed by atoms with E-state index in [0.717, 1.165) is 6.42 Å². The highest BCUT2D eigenvalue weighted by Crippen LogP contribution is 2.23. The van der Waals surface area contributed by atoms with Gasteiger partial charge in [-0.25, -0.2) is 9.07 Å². The molecular formula is C15H16ClFN4O2. The van der Waals surface area contributed by atoms with Gasteiger partial charge in [0.15, 0.2) is 11.5 Å². The number of piperidine rings is 1. The summed E-state index contributed by atoms with van der Waals surface area (Å²) >= 11 is 5.75. The summed E-state index contributed by atoms with van der Waals surface area (Å²) in [7, 11) is 0. The van der Waals surface area contributed by atoms with E-state index in [-0.39, 0.29) is 28.9 Å². The van der Waals surface area contributed by atoms with Gasteiger partial charge < -0.3 is 10.0 Å². The normalized spacial score (nSPS) is 21.5. The number of β-amino-alcohol motifs (C(OH)–C–C–N with tert-alkyl or cyclic N) is 1. The number of aromatic nitrogens is 3. The molecule has 0 unspecified atom stereocenters. The van der Waals surface area contributed by atoms with E-state index in [9.17, 15) is 14.3 Å². The molecule has 0 saturated carbocycles. The van der Waals surface area contributed by atoms with E-state index in [1.54, 1.807) is 13.0 Å². The zero-order valence-corrected chi connectivity index (χ0v) is 13.3. The van der Waals surface area contributed by atoms with Crippen molar-refractivity contribution in [2.24, 2.45) is 0 Å². The highest BCUT2D eigenvalue weighted by molar-refractivity contribution is 6.30. The summed E-state index contributed by atoms with van der Waals surface area (Å²) in [4.78, 5) is 14.0. The molecule has 0 bridgehead atoms. The van der Waals surface area contributed by atoms with Gasteiger partial charge >= 0.3 is 0 Å². The van der Waals surface area contributed by atoms with Crippen LogP contribution in [0.15, 0.2) is 24.4 Å². The topological polar surface area (TPSA) is 71.2 Å². The smallest absolute Gasteiger partial charge is 0.276 e. The Bertz CT molecular complexity index is 747. The second-order valence-electron chi connectivity index (χ2n) is 5.95. The largest absolute Gasteiger partial charge is 0.388 e. The fourth-order valence-electron chi connectivity index (χ4n) is 2.70. The molecule has 23 heavy (non-hydrogen) atoms. The maximum Gasteiger partial charge on any atom is 0.276 e. The van der Waals surface area contributed by atoms with Crippen molar-refractivity contribution in [1.82, 2.24) is 19.9 Å². The lowest BCUT2D eigenvalue weighted by Gasteiger charge is -2.36. The lowest BCUT2D eigenvalue weighted by molar-refractivity contribution is -0.0109. The van der Waals surface area contributed by atoms with Crippen LogP contribution < -0.4 is 0 Å². The Hall–Kier alpha value is -1.99. The highest BCUT2D eigenvalue weighted by Gasteiger charge is 2.32. The maximum atomic E-state index is 14.0. The molecule has 2 aromatic rings. The molecule has 1 fully saturated rings. The average molecular weight is 339 g/mol. The second-order valence-corrected chi connectivity index (χ2v) is 6.36. The lowest BCUT2D eigenvalue weighted by atomic mass is 9.95. The monoisotopic (exact) mass is 338 g/mol. The number of likely N-dealkylation sites (tertiary alicyclic amines) is 1. The molecule has 1 aromatic carbocycles. The van der Waals surface area contributed by atoms with Crippen molar-refractivity contribution in [2.45, 2.75) is 25.4 Å². The van der Waals surface area contributed by atoms with Crippen LogP contribution in [-0.4, -0.2) is 49.6 Å². The molecule has 0 spiro atoms. The number of carbonyl (C=O) groups excluding carboxylic acids is 1. The molecule has 1 N–H and O–H groups in total. The number of benzene rings is 1. The molecule has 1 aliphatic rings. The third-order valence-electron chi connectivity index (χ3n) is 3.85. The third-order valence-corrected chi connectivity index (χ3v) is 4.14. The first-order chi connectivity index (χ1) is 10.9. The minimum atomic E-state index is -0.900. The van der Waals surface area contributed by atoms with Gasteiger partial charge in [-0.2, -0.15) is 0 Å². The Morgan fingerprint density at radius 3 is 3.00 bits per heavy atom. The first-order valence-corrected chi connectivity index (χ1v) is 7.63. The molecule has 1 aliphatic heterocycles. The van der Waals surface area contributed by atoms with Crippen LogP contribution >= 0.6 is 11.6 Å². The van der Waals surface area contributed by atoms with Crippen LogP contribution in [0.1, 0.15) is 30.3 Å². The van der Waals surface area contributed by atoms with Crippen LogP contribution in [-0.2, 0) is 0 Å². The first kappa shape index (κ1) is 15.9. The lowest BCUT2D eigenvalue weighted by Crippen LogP contribution is -2.48. The van der Waals surface area contributed by atoms with Gasteiger partial charge in [0.25, 0.3) is 5.91 Å². The van der Waals surface area contributed by atoms with Crippen molar-refractivity contribution in [2.75, 3.05) is 13.1 Å². The summed E-state index contributed by atoms with van der Waals surface area (Å²) in [5.74, 6) is -0.961. The van der Waals surface area contributed by atoms with Gasteiger partial charge in [0.1, 0.15) is 5.69 Å². The Morgan fingerprint density at radius 1 is 1.48 bits per heavy atom. The van der Waals surface area contributed by atoms with Gasteiger partial charge in [0.2, 0.25) is 0 Å². The van der Waals surface area contributed by atoms with E-state index in [1.165, 1.54) is 27.9 Å². The van der Waals surface area contributed by atoms with Crippen LogP contribution in [0, 0.1) is 5.82 Å². The summed E-state index contributed by atoms with van der Waals surface area (Å²) < 4.78 is 15.2. The van der Waals surface area contributed by atoms with Gasteiger partial charge in [-0.1, -0.05) is 22.9 Å². The standard InChI is InChI=1S/C15H16ClFN4O2/c1-15(23)6-3-7-20(9-15)14(22)11-8-21(19-18-11)12-5-2-4-10(16)13(12)17/h2,4-5,8,23H,3,6-7,9H2,1H3/t15-/m1/s1. The average Bonchev–Trinajstić information content (AvgIpc) is 2.98. The molecule has 6 nitrogen and oxygen atoms in total. The summed E-state index contributed by atoms with van der Waals surface area (Å²) in [6, 6.07) is 4.51. The fraction of sp³-hybridized carbons (Fsp3) is 0.400. The third kappa shape index (κ3) is 3.20. The molecular weight excluding hydrogens is 323 g/mol. The van der Waals surface area contributed by atoms with Crippen molar-refractivity contribution in [3.8, 4) is 5.69 Å². The van der Waals surface area contributed by atoms with Crippen molar-refractivity contribution >= 4 is 17.5 Å². The van der Waals surface area contributed by atoms with Crippen molar-refractivity contribution < 1.29 is 14.3 Å². The minimum absolute atomic E-state index is 0.0297. The van der Waals surface area contributed by atoms with Gasteiger partial charge in [-0.15, -0.1) is 5.10 Å². The Kier molecular flexibility index (Phi) is 4.08. The number of amides is 1. The molecule has 3 rings (SSSR count). The second kappa shape index (κ2) is 5.90. The number of carbonyl (C=O) groups is 1. The Balaban J connectivity index is 1.84. The van der Waals surface area contributed by atoms with Gasteiger partial charge in [-0.05, 0) is 31.9 Å². The summed E-state index contributed by atoms with van der Waals surface area (Å²) in [5.41, 5.74) is -0.681. The fourth-order valence-corrected chi connectivity index (χ4v) is 2.87. The molecule has 0 aliphatic carbocycles. The summed E-state index contributed by atoms with van der Waals surface area (Å²) in [5, 5.41) is 17.7. The van der Waals surface area contributed by atoms with Crippen LogP contribution in [0.3, 0.4) is 0 Å². The number of hydrogen-bond acceptors (Lipinski definition) is 4. The SMILES string of the molecule is C[C@@]1(O)CCCN(C(=O)c2cn(-c3cccc(Cl)c3F)nn2)C1. The quantitative estimate of drug-likeness (QED) is 0.909. The predicted octanol–water partition coefficient (Wildman–Crippen LogP) is 2.05. The molecule has 8 heteroatoms. The first-order valence-electron chi connectivity index (χ1n) is 7.26. The van der Waals surface area contributed by atoms with Gasteiger partial charge in [-0.3, -0.25) is 4.79 Å². The zero-order chi connectivity index (χ0) is 16.6. The Labute approximate surface area is 137 Å². The van der Waals surface area contributed by atoms with Crippen molar-refractivity contribution in [1.29, 1.82) is 0 Å². The van der Waals surface area contributed by atoms with Crippen LogP contribution in [0.5, 0.6) is 0 Å². The maximum absolute atomic E-state index is 14.0. The zero-order valence-electron chi connectivity index (χ0n) is 12.5. The molecule has 2 heterocycles. The van der Waals surface area contributed by atoms with Crippen LogP contribution in [0.4, 0.5) is 4.39 Å². The Morgan fingerprint density at radius 2 is 2.26 bits per heavy atom. The van der Waals surface area contributed by atoms with Crippen molar-refractivity contribution in [3.63, 3.8) is 0 Å². The van der Waals surface area contributed by atoms with E-state index in [2.05, 4.69) is 10.3 Å². The van der Waals surface area contributed by atoms with E-state index in [0.29, 0.717) is 13.0 Å². The van der Waals surface area contributed by atoms with E-state index >= 15 is 0 Å². The summed E-state index contributed by atoms with van der Waals surface area (Å²) in [6.45, 7) is 2.49.